The van der Waals surface area contributed by atoms with Gasteiger partial charge in [0.15, 0.2) is 5.11 Å². The molecule has 0 fully saturated rings. The van der Waals surface area contributed by atoms with Crippen molar-refractivity contribution in [3.8, 4) is 5.75 Å². The number of sulfonamides is 1. The first-order valence-electron chi connectivity index (χ1n) is 9.84. The molecule has 0 aliphatic heterocycles. The van der Waals surface area contributed by atoms with E-state index < -0.39 is 15.9 Å². The molecule has 2 aromatic carbocycles. The first kappa shape index (κ1) is 24.1. The average molecular weight is 486 g/mol. The van der Waals surface area contributed by atoms with Crippen LogP contribution in [-0.2, 0) is 23.1 Å². The van der Waals surface area contributed by atoms with E-state index in [1.807, 2.05) is 30.3 Å². The molecule has 0 saturated carbocycles. The number of rotatable bonds is 8. The minimum Gasteiger partial charge on any atom is -0.495 e. The van der Waals surface area contributed by atoms with Gasteiger partial charge in [-0.2, -0.15) is 0 Å². The van der Waals surface area contributed by atoms with E-state index in [2.05, 4.69) is 25.9 Å². The van der Waals surface area contributed by atoms with Crippen LogP contribution >= 0.6 is 12.2 Å². The molecule has 0 aliphatic rings. The van der Waals surface area contributed by atoms with E-state index in [1.165, 1.54) is 25.3 Å². The number of hydrogen-bond donors (Lipinski definition) is 4. The zero-order valence-corrected chi connectivity index (χ0v) is 19.4. The normalized spacial score (nSPS) is 10.8. The van der Waals surface area contributed by atoms with Crippen LogP contribution in [0.15, 0.2) is 78.0 Å². The summed E-state index contributed by atoms with van der Waals surface area (Å²) >= 11 is 5.16. The standard InChI is InChI=1S/C22H23N5O4S2/c1-31-19-10-9-18(12-20(19)33(29,30)25-15-17-8-5-11-23-13-17)21(28)26-27-22(32)24-14-16-6-3-2-4-7-16/h2-13,25H,14-15H2,1H3,(H,26,28)(H2,24,27,32). The Morgan fingerprint density at radius 1 is 1.00 bits per heavy atom. The summed E-state index contributed by atoms with van der Waals surface area (Å²) in [6.07, 6.45) is 3.16. The molecular formula is C22H23N5O4S2. The molecule has 0 bridgehead atoms. The highest BCUT2D eigenvalue weighted by Gasteiger charge is 2.21. The van der Waals surface area contributed by atoms with Crippen LogP contribution in [0.25, 0.3) is 0 Å². The number of hydrazine groups is 1. The van der Waals surface area contributed by atoms with Gasteiger partial charge in [0.2, 0.25) is 10.0 Å². The monoisotopic (exact) mass is 485 g/mol. The Bertz CT molecular complexity index is 1210. The van der Waals surface area contributed by atoms with Gasteiger partial charge in [-0.25, -0.2) is 13.1 Å². The van der Waals surface area contributed by atoms with Crippen molar-refractivity contribution in [1.82, 2.24) is 25.9 Å². The topological polar surface area (TPSA) is 121 Å². The van der Waals surface area contributed by atoms with Gasteiger partial charge in [-0.05, 0) is 47.6 Å². The van der Waals surface area contributed by atoms with E-state index in [1.54, 1.807) is 24.5 Å². The number of carbonyl (C=O) groups is 1. The summed E-state index contributed by atoms with van der Waals surface area (Å²) in [5.41, 5.74) is 6.88. The Labute approximate surface area is 197 Å². The Morgan fingerprint density at radius 2 is 1.76 bits per heavy atom. The predicted molar refractivity (Wildman–Crippen MR) is 128 cm³/mol. The summed E-state index contributed by atoms with van der Waals surface area (Å²) < 4.78 is 33.4. The third-order valence-electron chi connectivity index (χ3n) is 4.49. The number of pyridine rings is 1. The van der Waals surface area contributed by atoms with Crippen molar-refractivity contribution in [2.45, 2.75) is 18.0 Å². The third-order valence-corrected chi connectivity index (χ3v) is 6.16. The van der Waals surface area contributed by atoms with Gasteiger partial charge in [0.1, 0.15) is 10.6 Å². The number of hydrogen-bond acceptors (Lipinski definition) is 6. The summed E-state index contributed by atoms with van der Waals surface area (Å²) in [6, 6.07) is 17.2. The third kappa shape index (κ3) is 6.97. The highest BCUT2D eigenvalue weighted by Crippen LogP contribution is 2.25. The lowest BCUT2D eigenvalue weighted by molar-refractivity contribution is 0.0943. The van der Waals surface area contributed by atoms with Crippen molar-refractivity contribution in [2.75, 3.05) is 7.11 Å². The zero-order valence-electron chi connectivity index (χ0n) is 17.7. The van der Waals surface area contributed by atoms with Crippen LogP contribution in [0.3, 0.4) is 0 Å². The van der Waals surface area contributed by atoms with E-state index in [-0.39, 0.29) is 27.9 Å². The molecule has 11 heteroatoms. The molecule has 172 valence electrons. The Balaban J connectivity index is 1.63. The number of aromatic nitrogens is 1. The summed E-state index contributed by atoms with van der Waals surface area (Å²) in [5, 5.41) is 3.18. The van der Waals surface area contributed by atoms with Crippen LogP contribution in [0.5, 0.6) is 5.75 Å². The molecule has 0 spiro atoms. The smallest absolute Gasteiger partial charge is 0.269 e. The van der Waals surface area contributed by atoms with Crippen LogP contribution in [0, 0.1) is 0 Å². The molecular weight excluding hydrogens is 462 g/mol. The molecule has 3 aromatic rings. The van der Waals surface area contributed by atoms with Crippen LogP contribution in [0.1, 0.15) is 21.5 Å². The van der Waals surface area contributed by atoms with E-state index in [0.29, 0.717) is 12.1 Å². The number of amides is 1. The Morgan fingerprint density at radius 3 is 2.45 bits per heavy atom. The van der Waals surface area contributed by atoms with Crippen molar-refractivity contribution >= 4 is 33.3 Å². The van der Waals surface area contributed by atoms with Crippen molar-refractivity contribution in [1.29, 1.82) is 0 Å². The first-order chi connectivity index (χ1) is 15.9. The molecule has 3 rings (SSSR count). The van der Waals surface area contributed by atoms with Gasteiger partial charge in [0.25, 0.3) is 5.91 Å². The highest BCUT2D eigenvalue weighted by molar-refractivity contribution is 7.89. The summed E-state index contributed by atoms with van der Waals surface area (Å²) in [7, 11) is -2.61. The molecule has 0 aliphatic carbocycles. The second-order valence-corrected chi connectivity index (χ2v) is 8.94. The van der Waals surface area contributed by atoms with Gasteiger partial charge in [0, 0.05) is 31.0 Å². The van der Waals surface area contributed by atoms with E-state index in [4.69, 9.17) is 17.0 Å². The minimum atomic E-state index is -3.97. The van der Waals surface area contributed by atoms with Gasteiger partial charge in [-0.3, -0.25) is 20.6 Å². The largest absolute Gasteiger partial charge is 0.495 e. The lowest BCUT2D eigenvalue weighted by atomic mass is 10.2. The molecule has 0 atom stereocenters. The number of methoxy groups -OCH3 is 1. The summed E-state index contributed by atoms with van der Waals surface area (Å²) in [4.78, 5) is 16.4. The summed E-state index contributed by atoms with van der Waals surface area (Å²) in [6.45, 7) is 0.523. The molecule has 33 heavy (non-hydrogen) atoms. The lowest BCUT2D eigenvalue weighted by Crippen LogP contribution is -2.46. The second kappa shape index (κ2) is 11.4. The first-order valence-corrected chi connectivity index (χ1v) is 11.7. The highest BCUT2D eigenvalue weighted by atomic mass is 32.2. The number of nitrogens with zero attached hydrogens (tertiary/aromatic N) is 1. The molecule has 1 amide bonds. The van der Waals surface area contributed by atoms with Crippen molar-refractivity contribution in [3.05, 3.63) is 89.7 Å². The number of thiocarbonyl (C=S) groups is 1. The van der Waals surface area contributed by atoms with E-state index in [9.17, 15) is 13.2 Å². The fourth-order valence-corrected chi connectivity index (χ4v) is 4.13. The molecule has 4 N–H and O–H groups in total. The van der Waals surface area contributed by atoms with Crippen molar-refractivity contribution in [3.63, 3.8) is 0 Å². The van der Waals surface area contributed by atoms with Gasteiger partial charge in [-0.1, -0.05) is 36.4 Å². The lowest BCUT2D eigenvalue weighted by Gasteiger charge is -2.14. The molecule has 0 radical (unpaired) electrons. The van der Waals surface area contributed by atoms with E-state index >= 15 is 0 Å². The minimum absolute atomic E-state index is 0.0403. The van der Waals surface area contributed by atoms with Crippen LogP contribution in [-0.4, -0.2) is 31.5 Å². The molecule has 1 heterocycles. The Kier molecular flexibility index (Phi) is 8.30. The number of benzene rings is 2. The average Bonchev–Trinajstić information content (AvgIpc) is 2.85. The maximum atomic E-state index is 12.9. The second-order valence-electron chi connectivity index (χ2n) is 6.80. The fourth-order valence-electron chi connectivity index (χ4n) is 2.79. The van der Waals surface area contributed by atoms with Gasteiger partial charge in [-0.15, -0.1) is 0 Å². The predicted octanol–water partition coefficient (Wildman–Crippen LogP) is 1.88. The van der Waals surface area contributed by atoms with Crippen LogP contribution in [0.4, 0.5) is 0 Å². The number of carbonyl (C=O) groups excluding carboxylic acids is 1. The molecule has 0 unspecified atom stereocenters. The zero-order chi connectivity index (χ0) is 23.7. The van der Waals surface area contributed by atoms with Crippen molar-refractivity contribution < 1.29 is 17.9 Å². The van der Waals surface area contributed by atoms with Gasteiger partial charge in [0.05, 0.1) is 7.11 Å². The van der Waals surface area contributed by atoms with Crippen molar-refractivity contribution in [2.24, 2.45) is 0 Å². The molecule has 9 nitrogen and oxygen atoms in total. The fraction of sp³-hybridized carbons (Fsp3) is 0.136. The maximum Gasteiger partial charge on any atom is 0.269 e. The SMILES string of the molecule is COc1ccc(C(=O)NNC(=S)NCc2ccccc2)cc1S(=O)(=O)NCc1cccnc1. The maximum absolute atomic E-state index is 12.9. The summed E-state index contributed by atoms with van der Waals surface area (Å²) in [5.74, 6) is -0.455. The Hall–Kier alpha value is -3.54. The number of ether oxygens (including phenoxy) is 1. The number of nitrogens with one attached hydrogen (secondary N) is 4. The quantitative estimate of drug-likeness (QED) is 0.282. The van der Waals surface area contributed by atoms with Gasteiger partial charge >= 0.3 is 0 Å². The van der Waals surface area contributed by atoms with Crippen LogP contribution in [0.2, 0.25) is 0 Å². The van der Waals surface area contributed by atoms with Crippen LogP contribution < -0.4 is 25.6 Å². The molecule has 0 saturated heterocycles. The molecule has 1 aromatic heterocycles. The van der Waals surface area contributed by atoms with E-state index in [0.717, 1.165) is 5.56 Å². The van der Waals surface area contributed by atoms with Gasteiger partial charge < -0.3 is 10.1 Å².